The van der Waals surface area contributed by atoms with E-state index < -0.39 is 12.0 Å². The summed E-state index contributed by atoms with van der Waals surface area (Å²) in [5.41, 5.74) is 1.18. The molecule has 2 N–H and O–H groups in total. The summed E-state index contributed by atoms with van der Waals surface area (Å²) >= 11 is 0. The minimum absolute atomic E-state index is 0.156. The highest BCUT2D eigenvalue weighted by molar-refractivity contribution is 5.73. The van der Waals surface area contributed by atoms with Crippen LogP contribution < -0.4 is 14.8 Å². The quantitative estimate of drug-likeness (QED) is 0.734. The summed E-state index contributed by atoms with van der Waals surface area (Å²) in [5.74, 6) is 0.827. The molecule has 122 valence electrons. The van der Waals surface area contributed by atoms with Crippen LogP contribution in [-0.4, -0.2) is 30.0 Å². The summed E-state index contributed by atoms with van der Waals surface area (Å²) in [6.07, 6.45) is 4.39. The Hall–Kier alpha value is -1.75. The molecule has 1 aliphatic heterocycles. The van der Waals surface area contributed by atoms with Crippen molar-refractivity contribution in [2.45, 2.75) is 58.0 Å². The molecule has 22 heavy (non-hydrogen) atoms. The monoisotopic (exact) mass is 307 g/mol. The normalized spacial score (nSPS) is 15.5. The first-order valence-corrected chi connectivity index (χ1v) is 7.97. The lowest BCUT2D eigenvalue weighted by Crippen LogP contribution is -2.42. The molecule has 1 aliphatic rings. The Morgan fingerprint density at radius 2 is 2.09 bits per heavy atom. The molecule has 0 fully saturated rings. The molecule has 0 spiro atoms. The van der Waals surface area contributed by atoms with Gasteiger partial charge in [0.05, 0.1) is 0 Å². The summed E-state index contributed by atoms with van der Waals surface area (Å²) in [6.45, 7) is 4.39. The molecule has 0 saturated carbocycles. The Labute approximate surface area is 131 Å². The number of hydrogen-bond donors (Lipinski definition) is 2. The maximum atomic E-state index is 11.3. The molecule has 0 saturated heterocycles. The topological polar surface area (TPSA) is 67.8 Å². The van der Waals surface area contributed by atoms with Crippen molar-refractivity contribution in [1.29, 1.82) is 0 Å². The number of carboxylic acid groups (broad SMARTS) is 1. The summed E-state index contributed by atoms with van der Waals surface area (Å²) < 4.78 is 10.7. The predicted molar refractivity (Wildman–Crippen MR) is 84.4 cm³/mol. The van der Waals surface area contributed by atoms with Crippen molar-refractivity contribution in [2.24, 2.45) is 0 Å². The van der Waals surface area contributed by atoms with E-state index in [0.717, 1.165) is 37.2 Å². The van der Waals surface area contributed by atoms with Crippen LogP contribution in [0.5, 0.6) is 11.5 Å². The van der Waals surface area contributed by atoms with Gasteiger partial charge in [-0.15, -0.1) is 0 Å². The molecule has 0 radical (unpaired) electrons. The molecule has 1 aromatic carbocycles. The lowest BCUT2D eigenvalue weighted by atomic mass is 10.0. The Morgan fingerprint density at radius 3 is 2.82 bits per heavy atom. The maximum absolute atomic E-state index is 11.3. The molecule has 5 nitrogen and oxygen atoms in total. The summed E-state index contributed by atoms with van der Waals surface area (Å²) in [7, 11) is 0. The Kier molecular flexibility index (Phi) is 6.07. The van der Waals surface area contributed by atoms with Gasteiger partial charge in [0, 0.05) is 6.04 Å². The van der Waals surface area contributed by atoms with Gasteiger partial charge in [0.2, 0.25) is 6.79 Å². The first-order valence-electron chi connectivity index (χ1n) is 7.97. The van der Waals surface area contributed by atoms with Gasteiger partial charge in [0.1, 0.15) is 6.04 Å². The van der Waals surface area contributed by atoms with E-state index >= 15 is 0 Å². The fourth-order valence-corrected chi connectivity index (χ4v) is 2.59. The smallest absolute Gasteiger partial charge is 0.320 e. The number of ether oxygens (including phenoxy) is 2. The summed E-state index contributed by atoms with van der Waals surface area (Å²) in [6, 6.07) is 5.67. The first-order chi connectivity index (χ1) is 10.6. The van der Waals surface area contributed by atoms with Crippen molar-refractivity contribution in [3.63, 3.8) is 0 Å². The third-order valence-corrected chi connectivity index (χ3v) is 3.93. The third-order valence-electron chi connectivity index (χ3n) is 3.93. The van der Waals surface area contributed by atoms with E-state index in [9.17, 15) is 9.90 Å². The number of rotatable bonds is 9. The van der Waals surface area contributed by atoms with E-state index in [0.29, 0.717) is 6.42 Å². The van der Waals surface area contributed by atoms with Gasteiger partial charge in [-0.05, 0) is 43.9 Å². The van der Waals surface area contributed by atoms with E-state index in [1.54, 1.807) is 0 Å². The van der Waals surface area contributed by atoms with Crippen molar-refractivity contribution in [3.8, 4) is 11.5 Å². The number of hydrogen-bond acceptors (Lipinski definition) is 4. The molecular weight excluding hydrogens is 282 g/mol. The molecule has 2 rings (SSSR count). The number of unbranched alkanes of at least 4 members (excludes halogenated alkanes) is 1. The largest absolute Gasteiger partial charge is 0.480 e. The Morgan fingerprint density at radius 1 is 1.32 bits per heavy atom. The highest BCUT2D eigenvalue weighted by atomic mass is 16.7. The maximum Gasteiger partial charge on any atom is 0.320 e. The number of carboxylic acids is 1. The van der Waals surface area contributed by atoms with Crippen molar-refractivity contribution >= 4 is 5.97 Å². The standard InChI is InChI=1S/C17H25NO4/c1-3-4-5-14(17(19)20)18-12(2)6-7-13-8-9-15-16(10-13)22-11-21-15/h8-10,12,14,18H,3-7,11H2,1-2H3,(H,19,20)/t12?,14-/m0/s1. The summed E-state index contributed by atoms with van der Waals surface area (Å²) in [5, 5.41) is 12.5. The van der Waals surface area contributed by atoms with Crippen molar-refractivity contribution in [3.05, 3.63) is 23.8 Å². The molecule has 0 aromatic heterocycles. The zero-order valence-electron chi connectivity index (χ0n) is 13.3. The molecule has 1 unspecified atom stereocenters. The molecule has 0 amide bonds. The number of aryl methyl sites for hydroxylation is 1. The van der Waals surface area contributed by atoms with Gasteiger partial charge in [-0.2, -0.15) is 0 Å². The van der Waals surface area contributed by atoms with Crippen LogP contribution in [0.4, 0.5) is 0 Å². The number of aliphatic carboxylic acids is 1. The highest BCUT2D eigenvalue weighted by Crippen LogP contribution is 2.32. The van der Waals surface area contributed by atoms with Gasteiger partial charge in [0.15, 0.2) is 11.5 Å². The lowest BCUT2D eigenvalue weighted by Gasteiger charge is -2.20. The van der Waals surface area contributed by atoms with Crippen LogP contribution >= 0.6 is 0 Å². The average Bonchev–Trinajstić information content (AvgIpc) is 2.96. The number of fused-ring (bicyclic) bond motifs is 1. The van der Waals surface area contributed by atoms with Crippen LogP contribution in [0.1, 0.15) is 45.1 Å². The molecule has 1 aromatic rings. The SMILES string of the molecule is CCCC[C@H](NC(C)CCc1ccc2c(c1)OCO2)C(=O)O. The van der Waals surface area contributed by atoms with Crippen molar-refractivity contribution < 1.29 is 19.4 Å². The lowest BCUT2D eigenvalue weighted by molar-refractivity contribution is -0.139. The molecule has 5 heteroatoms. The van der Waals surface area contributed by atoms with Gasteiger partial charge in [-0.1, -0.05) is 25.8 Å². The average molecular weight is 307 g/mol. The van der Waals surface area contributed by atoms with E-state index in [1.807, 2.05) is 25.1 Å². The van der Waals surface area contributed by atoms with E-state index in [4.69, 9.17) is 9.47 Å². The van der Waals surface area contributed by atoms with Crippen LogP contribution in [0, 0.1) is 0 Å². The van der Waals surface area contributed by atoms with E-state index in [1.165, 1.54) is 5.56 Å². The van der Waals surface area contributed by atoms with Crippen molar-refractivity contribution in [1.82, 2.24) is 5.32 Å². The fraction of sp³-hybridized carbons (Fsp3) is 0.588. The fourth-order valence-electron chi connectivity index (χ4n) is 2.59. The summed E-state index contributed by atoms with van der Waals surface area (Å²) in [4.78, 5) is 11.3. The van der Waals surface area contributed by atoms with Gasteiger partial charge < -0.3 is 19.9 Å². The van der Waals surface area contributed by atoms with Crippen molar-refractivity contribution in [2.75, 3.05) is 6.79 Å². The van der Waals surface area contributed by atoms with Gasteiger partial charge >= 0.3 is 5.97 Å². The number of carbonyl (C=O) groups is 1. The molecule has 1 heterocycles. The minimum Gasteiger partial charge on any atom is -0.480 e. The molecule has 2 atom stereocenters. The van der Waals surface area contributed by atoms with E-state index in [2.05, 4.69) is 12.2 Å². The second kappa shape index (κ2) is 8.03. The molecule has 0 aliphatic carbocycles. The third kappa shape index (κ3) is 4.63. The zero-order valence-corrected chi connectivity index (χ0v) is 13.3. The van der Waals surface area contributed by atoms with E-state index in [-0.39, 0.29) is 12.8 Å². The number of nitrogens with one attached hydrogen (secondary N) is 1. The van der Waals surface area contributed by atoms with Crippen LogP contribution in [0.2, 0.25) is 0 Å². The first kappa shape index (κ1) is 16.6. The second-order valence-electron chi connectivity index (χ2n) is 5.83. The van der Waals surface area contributed by atoms with Crippen LogP contribution in [0.15, 0.2) is 18.2 Å². The highest BCUT2D eigenvalue weighted by Gasteiger charge is 2.19. The Balaban J connectivity index is 1.81. The predicted octanol–water partition coefficient (Wildman–Crippen LogP) is 2.97. The Bertz CT molecular complexity index is 503. The molecule has 0 bridgehead atoms. The molecular formula is C17H25NO4. The minimum atomic E-state index is -0.761. The second-order valence-corrected chi connectivity index (χ2v) is 5.83. The number of benzene rings is 1. The van der Waals surface area contributed by atoms with Gasteiger partial charge in [0.25, 0.3) is 0 Å². The van der Waals surface area contributed by atoms with Crippen LogP contribution in [-0.2, 0) is 11.2 Å². The van der Waals surface area contributed by atoms with Gasteiger partial charge in [-0.3, -0.25) is 4.79 Å². The van der Waals surface area contributed by atoms with Crippen LogP contribution in [0.25, 0.3) is 0 Å². The zero-order chi connectivity index (χ0) is 15.9. The van der Waals surface area contributed by atoms with Gasteiger partial charge in [-0.25, -0.2) is 0 Å². The van der Waals surface area contributed by atoms with Crippen LogP contribution in [0.3, 0.4) is 0 Å².